The van der Waals surface area contributed by atoms with Crippen molar-refractivity contribution in [2.45, 2.75) is 39.7 Å². The lowest BCUT2D eigenvalue weighted by Crippen LogP contribution is -2.20. The average Bonchev–Trinajstić information content (AvgIpc) is 2.98. The molecule has 116 valence electrons. The molecular weight excluding hydrogens is 268 g/mol. The van der Waals surface area contributed by atoms with Crippen LogP contribution in [0.15, 0.2) is 54.6 Å². The van der Waals surface area contributed by atoms with Crippen LogP contribution in [-0.2, 0) is 11.2 Å². The van der Waals surface area contributed by atoms with Gasteiger partial charge >= 0.3 is 0 Å². The number of benzene rings is 2. The Morgan fingerprint density at radius 3 is 2.14 bits per heavy atom. The van der Waals surface area contributed by atoms with E-state index >= 15 is 0 Å². The normalized spacial score (nSPS) is 22.0. The minimum atomic E-state index is 0.353. The second-order valence-electron chi connectivity index (χ2n) is 7.52. The van der Waals surface area contributed by atoms with Crippen molar-refractivity contribution in [2.24, 2.45) is 11.3 Å². The first-order valence-electron chi connectivity index (χ1n) is 8.28. The average molecular weight is 294 g/mol. The van der Waals surface area contributed by atoms with Gasteiger partial charge in [-0.3, -0.25) is 0 Å². The van der Waals surface area contributed by atoms with Gasteiger partial charge in [0.2, 0.25) is 0 Å². The van der Waals surface area contributed by atoms with Gasteiger partial charge in [-0.2, -0.15) is 0 Å². The first-order valence-corrected chi connectivity index (χ1v) is 8.28. The molecule has 0 bridgehead atoms. The lowest BCUT2D eigenvalue weighted by molar-refractivity contribution is 0.0971. The maximum atomic E-state index is 6.01. The van der Waals surface area contributed by atoms with Crippen LogP contribution in [0, 0.1) is 11.3 Å². The molecule has 0 amide bonds. The Bertz CT molecular complexity index is 592. The molecule has 1 fully saturated rings. The molecule has 0 unspecified atom stereocenters. The van der Waals surface area contributed by atoms with Crippen molar-refractivity contribution in [3.63, 3.8) is 0 Å². The van der Waals surface area contributed by atoms with Crippen LogP contribution in [0.2, 0.25) is 0 Å². The summed E-state index contributed by atoms with van der Waals surface area (Å²) in [4.78, 5) is 0. The molecule has 2 atom stereocenters. The van der Waals surface area contributed by atoms with E-state index in [4.69, 9.17) is 4.74 Å². The molecule has 1 aliphatic heterocycles. The van der Waals surface area contributed by atoms with Crippen LogP contribution in [0.25, 0.3) is 11.1 Å². The van der Waals surface area contributed by atoms with E-state index in [1.54, 1.807) is 0 Å². The highest BCUT2D eigenvalue weighted by atomic mass is 16.5. The van der Waals surface area contributed by atoms with Crippen LogP contribution in [0.5, 0.6) is 0 Å². The fourth-order valence-electron chi connectivity index (χ4n) is 3.18. The summed E-state index contributed by atoms with van der Waals surface area (Å²) in [6, 6.07) is 19.5. The van der Waals surface area contributed by atoms with Gasteiger partial charge in [-0.15, -0.1) is 0 Å². The van der Waals surface area contributed by atoms with Gasteiger partial charge in [-0.05, 0) is 40.9 Å². The van der Waals surface area contributed by atoms with Crippen molar-refractivity contribution in [1.29, 1.82) is 0 Å². The number of hydrogen-bond donors (Lipinski definition) is 0. The van der Waals surface area contributed by atoms with E-state index in [2.05, 4.69) is 75.4 Å². The molecule has 0 aliphatic carbocycles. The molecule has 1 saturated heterocycles. The molecule has 22 heavy (non-hydrogen) atoms. The third-order valence-corrected chi connectivity index (χ3v) is 4.83. The highest BCUT2D eigenvalue weighted by Gasteiger charge is 2.33. The molecule has 2 aromatic carbocycles. The molecular formula is C21H26O. The Hall–Kier alpha value is -1.60. The minimum absolute atomic E-state index is 0.353. The lowest BCUT2D eigenvalue weighted by Gasteiger charge is -2.25. The van der Waals surface area contributed by atoms with Crippen molar-refractivity contribution in [3.8, 4) is 11.1 Å². The Morgan fingerprint density at radius 1 is 0.909 bits per heavy atom. The van der Waals surface area contributed by atoms with Gasteiger partial charge < -0.3 is 4.74 Å². The van der Waals surface area contributed by atoms with Crippen molar-refractivity contribution in [1.82, 2.24) is 0 Å². The zero-order chi connectivity index (χ0) is 15.6. The van der Waals surface area contributed by atoms with Gasteiger partial charge in [0, 0.05) is 0 Å². The third kappa shape index (κ3) is 3.59. The van der Waals surface area contributed by atoms with Crippen molar-refractivity contribution < 1.29 is 4.74 Å². The summed E-state index contributed by atoms with van der Waals surface area (Å²) in [5.74, 6) is 0.682. The van der Waals surface area contributed by atoms with Crippen LogP contribution < -0.4 is 0 Å². The predicted molar refractivity (Wildman–Crippen MR) is 92.9 cm³/mol. The van der Waals surface area contributed by atoms with Gasteiger partial charge in [0.25, 0.3) is 0 Å². The predicted octanol–water partition coefficient (Wildman–Crippen LogP) is 5.35. The second-order valence-corrected chi connectivity index (χ2v) is 7.52. The highest BCUT2D eigenvalue weighted by molar-refractivity contribution is 5.63. The van der Waals surface area contributed by atoms with Gasteiger partial charge in [-0.25, -0.2) is 0 Å². The topological polar surface area (TPSA) is 9.23 Å². The van der Waals surface area contributed by atoms with Crippen LogP contribution in [0.3, 0.4) is 0 Å². The monoisotopic (exact) mass is 294 g/mol. The molecule has 1 heterocycles. The smallest absolute Gasteiger partial charge is 0.0619 e. The van der Waals surface area contributed by atoms with Crippen LogP contribution in [0.4, 0.5) is 0 Å². The summed E-state index contributed by atoms with van der Waals surface area (Å²) in [5.41, 5.74) is 4.29. The molecule has 2 aromatic rings. The van der Waals surface area contributed by atoms with Crippen LogP contribution >= 0.6 is 0 Å². The summed E-state index contributed by atoms with van der Waals surface area (Å²) in [6.45, 7) is 7.87. The van der Waals surface area contributed by atoms with Gasteiger partial charge in [0.1, 0.15) is 0 Å². The number of hydrogen-bond acceptors (Lipinski definition) is 1. The fourth-order valence-corrected chi connectivity index (χ4v) is 3.18. The molecule has 0 saturated carbocycles. The van der Waals surface area contributed by atoms with E-state index < -0.39 is 0 Å². The molecule has 0 radical (unpaired) electrons. The van der Waals surface area contributed by atoms with Crippen molar-refractivity contribution >= 4 is 0 Å². The third-order valence-electron chi connectivity index (χ3n) is 4.83. The summed E-state index contributed by atoms with van der Waals surface area (Å²) in [5, 5.41) is 0. The largest absolute Gasteiger partial charge is 0.378 e. The maximum Gasteiger partial charge on any atom is 0.0619 e. The summed E-state index contributed by atoms with van der Waals surface area (Å²) < 4.78 is 6.01. The lowest BCUT2D eigenvalue weighted by atomic mass is 9.79. The Labute approximate surface area is 134 Å². The molecule has 0 N–H and O–H groups in total. The molecule has 1 nitrogen and oxygen atoms in total. The standard InChI is InChI=1S/C21H26O/c1-21(2,3)19-14-20(22-15-19)13-16-9-11-18(12-10-16)17-7-5-4-6-8-17/h4-12,19-20H,13-15H2,1-3H3/t19-,20+/m0/s1. The molecule has 1 aliphatic rings. The zero-order valence-electron chi connectivity index (χ0n) is 13.9. The van der Waals surface area contributed by atoms with Crippen molar-refractivity contribution in [3.05, 3.63) is 60.2 Å². The van der Waals surface area contributed by atoms with E-state index in [0.29, 0.717) is 17.4 Å². The minimum Gasteiger partial charge on any atom is -0.378 e. The fraction of sp³-hybridized carbons (Fsp3) is 0.429. The Balaban J connectivity index is 1.63. The van der Waals surface area contributed by atoms with Gasteiger partial charge in [0.05, 0.1) is 12.7 Å². The first-order chi connectivity index (χ1) is 10.5. The van der Waals surface area contributed by atoms with Crippen LogP contribution in [-0.4, -0.2) is 12.7 Å². The van der Waals surface area contributed by atoms with Gasteiger partial charge in [0.15, 0.2) is 0 Å². The molecule has 0 spiro atoms. The summed E-state index contributed by atoms with van der Waals surface area (Å²) in [6.07, 6.45) is 2.60. The molecule has 1 heteroatoms. The molecule has 0 aromatic heterocycles. The number of ether oxygens (including phenoxy) is 1. The number of rotatable bonds is 3. The van der Waals surface area contributed by atoms with E-state index in [0.717, 1.165) is 13.0 Å². The van der Waals surface area contributed by atoms with Crippen LogP contribution in [0.1, 0.15) is 32.8 Å². The molecule has 3 rings (SSSR count). The quantitative estimate of drug-likeness (QED) is 0.741. The van der Waals surface area contributed by atoms with E-state index in [1.165, 1.54) is 23.1 Å². The van der Waals surface area contributed by atoms with Gasteiger partial charge in [-0.1, -0.05) is 75.4 Å². The van der Waals surface area contributed by atoms with Crippen molar-refractivity contribution in [2.75, 3.05) is 6.61 Å². The zero-order valence-corrected chi connectivity index (χ0v) is 13.9. The summed E-state index contributed by atoms with van der Waals surface area (Å²) in [7, 11) is 0. The maximum absolute atomic E-state index is 6.01. The van der Waals surface area contributed by atoms with E-state index in [-0.39, 0.29) is 0 Å². The van der Waals surface area contributed by atoms with E-state index in [9.17, 15) is 0 Å². The Kier molecular flexibility index (Phi) is 4.35. The highest BCUT2D eigenvalue weighted by Crippen LogP contribution is 2.36. The second kappa shape index (κ2) is 6.26. The first kappa shape index (κ1) is 15.3. The Morgan fingerprint density at radius 2 is 1.55 bits per heavy atom. The van der Waals surface area contributed by atoms with E-state index in [1.807, 2.05) is 0 Å². The summed E-state index contributed by atoms with van der Waals surface area (Å²) >= 11 is 0. The SMILES string of the molecule is CC(C)(C)[C@@H]1CO[C@H](Cc2ccc(-c3ccccc3)cc2)C1.